The van der Waals surface area contributed by atoms with Crippen molar-refractivity contribution in [1.29, 1.82) is 0 Å². The number of aliphatic hydroxyl groups excluding tert-OH is 1. The second-order valence-electron chi connectivity index (χ2n) is 10.8. The zero-order valence-electron chi connectivity index (χ0n) is 22.6. The molecule has 2 unspecified atom stereocenters. The average molecular weight is 524 g/mol. The third-order valence-electron chi connectivity index (χ3n) is 6.29. The van der Waals surface area contributed by atoms with Gasteiger partial charge in [-0.15, -0.1) is 11.3 Å². The standard InChI is InChI=1S/C30H37NO5S/c1-17(2)27(24-12-13-25(37-24)28(33)31-16-23(32)29(34)35)36-22-14-18(3)26(19(4)15-22)20-8-10-21(11-9-20)30(5,6)7/h8-15,17,23,27,32H,16H2,1-7H3,(H,31,33)(H,34,35). The summed E-state index contributed by atoms with van der Waals surface area (Å²) < 4.78 is 6.46. The highest BCUT2D eigenvalue weighted by Crippen LogP contribution is 2.37. The van der Waals surface area contributed by atoms with E-state index in [-0.39, 0.29) is 24.0 Å². The molecule has 0 saturated carbocycles. The second kappa shape index (κ2) is 11.5. The largest absolute Gasteiger partial charge is 0.485 e. The first-order valence-electron chi connectivity index (χ1n) is 12.5. The van der Waals surface area contributed by atoms with Crippen LogP contribution in [0.3, 0.4) is 0 Å². The third-order valence-corrected chi connectivity index (χ3v) is 7.43. The number of thiophene rings is 1. The van der Waals surface area contributed by atoms with Gasteiger partial charge in [0.15, 0.2) is 6.10 Å². The number of ether oxygens (including phenoxy) is 1. The Kier molecular flexibility index (Phi) is 8.82. The number of rotatable bonds is 9. The lowest BCUT2D eigenvalue weighted by molar-refractivity contribution is -0.146. The van der Waals surface area contributed by atoms with Crippen LogP contribution in [0.1, 0.15) is 72.0 Å². The number of carbonyl (C=O) groups excluding carboxylic acids is 1. The summed E-state index contributed by atoms with van der Waals surface area (Å²) in [7, 11) is 0. The van der Waals surface area contributed by atoms with Crippen LogP contribution in [0.25, 0.3) is 11.1 Å². The minimum Gasteiger partial charge on any atom is -0.485 e. The van der Waals surface area contributed by atoms with Gasteiger partial charge in [-0.3, -0.25) is 4.79 Å². The summed E-state index contributed by atoms with van der Waals surface area (Å²) >= 11 is 1.30. The second-order valence-corrected chi connectivity index (χ2v) is 11.9. The fourth-order valence-electron chi connectivity index (χ4n) is 4.24. The molecule has 2 atom stereocenters. The van der Waals surface area contributed by atoms with Gasteiger partial charge in [0.05, 0.1) is 11.4 Å². The van der Waals surface area contributed by atoms with E-state index < -0.39 is 18.0 Å². The molecule has 7 heteroatoms. The van der Waals surface area contributed by atoms with Crippen molar-refractivity contribution in [3.63, 3.8) is 0 Å². The molecule has 3 N–H and O–H groups in total. The molecule has 3 rings (SSSR count). The lowest BCUT2D eigenvalue weighted by Crippen LogP contribution is -2.36. The van der Waals surface area contributed by atoms with Crippen molar-refractivity contribution in [2.24, 2.45) is 5.92 Å². The molecule has 0 radical (unpaired) electrons. The molecule has 0 saturated heterocycles. The molecule has 0 fully saturated rings. The number of aliphatic carboxylic acids is 1. The highest BCUT2D eigenvalue weighted by atomic mass is 32.1. The number of aliphatic hydroxyl groups is 1. The van der Waals surface area contributed by atoms with Gasteiger partial charge in [0, 0.05) is 4.88 Å². The van der Waals surface area contributed by atoms with Crippen LogP contribution in [-0.4, -0.2) is 34.7 Å². The van der Waals surface area contributed by atoms with Gasteiger partial charge >= 0.3 is 5.97 Å². The lowest BCUT2D eigenvalue weighted by atomic mass is 9.85. The van der Waals surface area contributed by atoms with Crippen molar-refractivity contribution >= 4 is 23.2 Å². The van der Waals surface area contributed by atoms with Gasteiger partial charge in [0.2, 0.25) is 0 Å². The van der Waals surface area contributed by atoms with Crippen molar-refractivity contribution in [3.8, 4) is 16.9 Å². The summed E-state index contributed by atoms with van der Waals surface area (Å²) in [5.41, 5.74) is 6.04. The molecule has 0 aliphatic carbocycles. The van der Waals surface area contributed by atoms with Crippen molar-refractivity contribution < 1.29 is 24.5 Å². The minimum atomic E-state index is -1.64. The molecule has 198 valence electrons. The number of nitrogens with one attached hydrogen (secondary N) is 1. The van der Waals surface area contributed by atoms with Gasteiger partial charge in [-0.2, -0.15) is 0 Å². The van der Waals surface area contributed by atoms with E-state index in [0.717, 1.165) is 21.8 Å². The van der Waals surface area contributed by atoms with Gasteiger partial charge in [-0.05, 0) is 77.3 Å². The predicted octanol–water partition coefficient (Wildman–Crippen LogP) is 6.28. The lowest BCUT2D eigenvalue weighted by Gasteiger charge is -2.23. The Morgan fingerprint density at radius 3 is 2.11 bits per heavy atom. The topological polar surface area (TPSA) is 95.9 Å². The van der Waals surface area contributed by atoms with E-state index in [9.17, 15) is 14.7 Å². The maximum absolute atomic E-state index is 12.4. The molecule has 37 heavy (non-hydrogen) atoms. The van der Waals surface area contributed by atoms with Crippen molar-refractivity contribution in [3.05, 3.63) is 75.0 Å². The highest BCUT2D eigenvalue weighted by Gasteiger charge is 2.23. The van der Waals surface area contributed by atoms with E-state index in [4.69, 9.17) is 9.84 Å². The van der Waals surface area contributed by atoms with Gasteiger partial charge in [0.1, 0.15) is 11.9 Å². The number of carboxylic acids is 1. The number of carbonyl (C=O) groups is 2. The van der Waals surface area contributed by atoms with E-state index in [1.165, 1.54) is 28.0 Å². The molecular formula is C30H37NO5S. The van der Waals surface area contributed by atoms with Gasteiger partial charge in [-0.25, -0.2) is 4.79 Å². The number of carboxylic acid groups (broad SMARTS) is 1. The summed E-state index contributed by atoms with van der Waals surface area (Å²) in [5, 5.41) is 20.7. The highest BCUT2D eigenvalue weighted by molar-refractivity contribution is 7.14. The zero-order chi connectivity index (χ0) is 27.5. The Morgan fingerprint density at radius 1 is 1.00 bits per heavy atom. The monoisotopic (exact) mass is 523 g/mol. The molecule has 6 nitrogen and oxygen atoms in total. The predicted molar refractivity (Wildman–Crippen MR) is 149 cm³/mol. The SMILES string of the molecule is Cc1cc(OC(c2ccc(C(=O)NCC(O)C(=O)O)s2)C(C)C)cc(C)c1-c1ccc(C(C)(C)C)cc1. The van der Waals surface area contributed by atoms with E-state index in [1.54, 1.807) is 6.07 Å². The quantitative estimate of drug-likeness (QED) is 0.307. The molecule has 1 aromatic heterocycles. The number of aryl methyl sites for hydroxylation is 2. The molecule has 1 amide bonds. The molecule has 2 aromatic carbocycles. The van der Waals surface area contributed by atoms with Crippen molar-refractivity contribution in [1.82, 2.24) is 5.32 Å². The Labute approximate surface area is 223 Å². The Bertz CT molecular complexity index is 1230. The zero-order valence-corrected chi connectivity index (χ0v) is 23.4. The first-order valence-corrected chi connectivity index (χ1v) is 13.3. The molecule has 0 bridgehead atoms. The summed E-state index contributed by atoms with van der Waals surface area (Å²) in [6.45, 7) is 14.6. The molecule has 0 aliphatic heterocycles. The summed E-state index contributed by atoms with van der Waals surface area (Å²) in [6.07, 6.45) is -1.90. The van der Waals surface area contributed by atoms with E-state index in [2.05, 4.69) is 90.2 Å². The molecular weight excluding hydrogens is 486 g/mol. The van der Waals surface area contributed by atoms with Gasteiger partial charge in [-0.1, -0.05) is 58.9 Å². The minimum absolute atomic E-state index is 0.105. The van der Waals surface area contributed by atoms with Crippen LogP contribution in [-0.2, 0) is 10.2 Å². The normalized spacial score (nSPS) is 13.3. The van der Waals surface area contributed by atoms with E-state index in [0.29, 0.717) is 4.88 Å². The smallest absolute Gasteiger partial charge is 0.334 e. The fraction of sp³-hybridized carbons (Fsp3) is 0.400. The van der Waals surface area contributed by atoms with Crippen LogP contribution < -0.4 is 10.1 Å². The molecule has 0 aliphatic rings. The van der Waals surface area contributed by atoms with Crippen LogP contribution in [0.2, 0.25) is 0 Å². The summed E-state index contributed by atoms with van der Waals surface area (Å²) in [4.78, 5) is 24.5. The summed E-state index contributed by atoms with van der Waals surface area (Å²) in [5.74, 6) is -0.882. The average Bonchev–Trinajstić information content (AvgIpc) is 3.30. The number of benzene rings is 2. The molecule has 0 spiro atoms. The Balaban J connectivity index is 1.80. The Morgan fingerprint density at radius 2 is 1.59 bits per heavy atom. The van der Waals surface area contributed by atoms with Crippen LogP contribution >= 0.6 is 11.3 Å². The third kappa shape index (κ3) is 6.99. The van der Waals surface area contributed by atoms with Crippen molar-refractivity contribution in [2.45, 2.75) is 66.1 Å². The van der Waals surface area contributed by atoms with Crippen LogP contribution in [0.15, 0.2) is 48.5 Å². The number of amides is 1. The van der Waals surface area contributed by atoms with Gasteiger partial charge < -0.3 is 20.3 Å². The number of hydrogen-bond donors (Lipinski definition) is 3. The first-order chi connectivity index (χ1) is 17.3. The number of hydrogen-bond acceptors (Lipinski definition) is 5. The maximum atomic E-state index is 12.4. The van der Waals surface area contributed by atoms with E-state index in [1.807, 2.05) is 6.07 Å². The molecule has 1 heterocycles. The maximum Gasteiger partial charge on any atom is 0.334 e. The van der Waals surface area contributed by atoms with Crippen molar-refractivity contribution in [2.75, 3.05) is 6.54 Å². The van der Waals surface area contributed by atoms with Gasteiger partial charge in [0.25, 0.3) is 5.91 Å². The fourth-order valence-corrected chi connectivity index (χ4v) is 5.37. The van der Waals surface area contributed by atoms with E-state index >= 15 is 0 Å². The summed E-state index contributed by atoms with van der Waals surface area (Å²) in [6, 6.07) is 16.4. The van der Waals surface area contributed by atoms with Crippen LogP contribution in [0, 0.1) is 19.8 Å². The first kappa shape index (κ1) is 28.4. The Hall–Kier alpha value is -3.16. The van der Waals surface area contributed by atoms with Crippen LogP contribution in [0.5, 0.6) is 5.75 Å². The van der Waals surface area contributed by atoms with Crippen LogP contribution in [0.4, 0.5) is 0 Å². The molecule has 3 aromatic rings.